The molecule has 7 rings (SSSR count). The molecule has 1 aliphatic rings. The third-order valence-electron chi connectivity index (χ3n) is 23.1. The number of hydrogen-bond donors (Lipinski definition) is 17. The van der Waals surface area contributed by atoms with Gasteiger partial charge in [-0.2, -0.15) is 0 Å². The van der Waals surface area contributed by atoms with Crippen molar-refractivity contribution in [3.05, 3.63) is 119 Å². The van der Waals surface area contributed by atoms with Crippen LogP contribution in [-0.4, -0.2) is 211 Å². The molecule has 0 radical (unpaired) electrons. The van der Waals surface area contributed by atoms with Crippen LogP contribution in [0.4, 0.5) is 5.69 Å². The summed E-state index contributed by atoms with van der Waals surface area (Å²) in [6.45, 7) is 16.6. The molecule has 1 saturated heterocycles. The standard InChI is InChI=1S/C92H137N21O15/c1-10-12-13-14-15-16-17-18-19-20-21-22-23-33-79(118)97-40-27-26-31-72(104-89(126)82(59(7)11-2)102-61(9)115)91(128)112-44-42-111(43-45-112)65-36-39-70-68(50-65)90(127)113(56-101-70)54-80(119)103-71(32-28-41-98-92(94)95)83(120)108-76(49-64-53-96-55-100-64)86(123)106-74(47-62-34-37-66(116)38-35-62)85(122)105-73(46-57(3)4)84(121)109-77(51-78(93)117)87(124)107-75(88(125)110-81(58(5)6)60(8)114)48-63-52-99-69-30-25-24-29-67(63)69/h24-25,29-30,34-39,50,52-53,55-59,71-77,81-82,99,116H,10-23,26-28,31-33,40-49,51,54H2,1-9H3,(H2,93,117)(H,96,100)(H,97,118)(H,102,115)(H,103,119)(H,104,126)(H,105,122)(H,106,123)(H,107,124)(H,108,120)(H,109,121)(H,110,125)(H4,94,95,98)/t59-,71-,72-,73-,74-,75-,76-,77-,81-,82-/m0/s1. The number of amides is 12. The van der Waals surface area contributed by atoms with E-state index in [9.17, 15) is 62.6 Å². The number of piperazine rings is 1. The van der Waals surface area contributed by atoms with Gasteiger partial charge in [0.25, 0.3) is 5.56 Å². The Morgan fingerprint density at radius 1 is 0.547 bits per heavy atom. The van der Waals surface area contributed by atoms with E-state index in [1.807, 2.05) is 36.9 Å². The highest BCUT2D eigenvalue weighted by atomic mass is 16.3. The van der Waals surface area contributed by atoms with Gasteiger partial charge >= 0.3 is 0 Å². The first-order valence-electron chi connectivity index (χ1n) is 45.4. The van der Waals surface area contributed by atoms with Crippen LogP contribution in [0.3, 0.4) is 0 Å². The van der Waals surface area contributed by atoms with E-state index in [1.54, 1.807) is 63.1 Å². The zero-order valence-electron chi connectivity index (χ0n) is 75.8. The number of phenols is 1. The fourth-order valence-electron chi connectivity index (χ4n) is 15.7. The molecule has 0 saturated carbocycles. The summed E-state index contributed by atoms with van der Waals surface area (Å²) in [5, 5.41) is 49.2. The molecular formula is C92H137N21O15. The van der Waals surface area contributed by atoms with Crippen molar-refractivity contribution >= 4 is 110 Å². The van der Waals surface area contributed by atoms with Crippen molar-refractivity contribution in [1.82, 2.24) is 87.9 Å². The monoisotopic (exact) mass is 1780 g/mol. The van der Waals surface area contributed by atoms with Crippen molar-refractivity contribution in [3.8, 4) is 5.75 Å². The molecule has 36 nitrogen and oxygen atoms in total. The number of primary amides is 1. The number of aromatic amines is 2. The number of nitrogens with one attached hydrogen (secondary N) is 14. The van der Waals surface area contributed by atoms with E-state index in [-0.39, 0.29) is 123 Å². The molecule has 1 fully saturated rings. The predicted molar refractivity (Wildman–Crippen MR) is 489 cm³/mol. The third kappa shape index (κ3) is 34.5. The number of rotatable bonds is 57. The van der Waals surface area contributed by atoms with Crippen molar-refractivity contribution in [2.45, 2.75) is 284 Å². The van der Waals surface area contributed by atoms with Gasteiger partial charge in [0.05, 0.1) is 36.0 Å². The summed E-state index contributed by atoms with van der Waals surface area (Å²) in [6, 6.07) is 6.12. The Morgan fingerprint density at radius 3 is 1.72 bits per heavy atom. The highest BCUT2D eigenvalue weighted by molar-refractivity contribution is 6.00. The number of ketones is 1. The van der Waals surface area contributed by atoms with Crippen LogP contribution >= 0.6 is 0 Å². The highest BCUT2D eigenvalue weighted by Crippen LogP contribution is 2.25. The number of benzene rings is 3. The molecule has 0 unspecified atom stereocenters. The molecule has 700 valence electrons. The Balaban J connectivity index is 1.03. The molecule has 19 N–H and O–H groups in total. The molecule has 3 aromatic heterocycles. The third-order valence-corrected chi connectivity index (χ3v) is 23.1. The van der Waals surface area contributed by atoms with Gasteiger partial charge in [-0.1, -0.05) is 162 Å². The number of H-pyrrole nitrogens is 2. The molecule has 0 bridgehead atoms. The Labute approximate surface area is 749 Å². The van der Waals surface area contributed by atoms with Crippen LogP contribution in [0.5, 0.6) is 5.75 Å². The maximum absolute atomic E-state index is 15.1. The van der Waals surface area contributed by atoms with E-state index in [2.05, 4.69) is 85.3 Å². The van der Waals surface area contributed by atoms with Crippen LogP contribution in [0.2, 0.25) is 0 Å². The van der Waals surface area contributed by atoms with Crippen LogP contribution in [0.15, 0.2) is 96.6 Å². The van der Waals surface area contributed by atoms with E-state index in [1.165, 1.54) is 121 Å². The molecule has 12 amide bonds. The molecule has 36 heteroatoms. The molecule has 0 aliphatic carbocycles. The fourth-order valence-corrected chi connectivity index (χ4v) is 15.7. The molecule has 3 aromatic carbocycles. The van der Waals surface area contributed by atoms with Crippen LogP contribution < -0.4 is 80.4 Å². The van der Waals surface area contributed by atoms with Gasteiger partial charge in [0.15, 0.2) is 11.7 Å². The topological polar surface area (TPSA) is 536 Å². The molecule has 1 aliphatic heterocycles. The minimum Gasteiger partial charge on any atom is -0.508 e. The Kier molecular flexibility index (Phi) is 42.9. The number of imidazole rings is 1. The molecule has 4 heterocycles. The first-order valence-corrected chi connectivity index (χ1v) is 45.4. The number of phenolic OH excluding ortho intramolecular Hbond substituents is 1. The maximum Gasteiger partial charge on any atom is 0.261 e. The molecule has 10 atom stereocenters. The SMILES string of the molecule is CCCCCCCCCCCCCCCC(=O)NCCCC[C@H](NC(=O)[C@@H](NC(C)=O)[C@@H](C)CC)C(=O)N1CCN(c2ccc3ncn(CC(=O)N[C@@H](CCCNC(=N)N)C(=O)N[C@@H](Cc4cnc[nH]4)C(=O)N[C@@H](Cc4ccc(O)cc4)C(=O)N[C@@H](CC(C)C)C(=O)N[C@@H](CC(N)=O)C(=O)N[C@@H](Cc4c[nH]c5ccccc45)C(=O)N[C@H](C(C)=O)C(C)C)c(=O)c3c2)CC1. The van der Waals surface area contributed by atoms with Crippen molar-refractivity contribution in [3.63, 3.8) is 0 Å². The fraction of sp³-hybridized carbons (Fsp3) is 0.576. The number of Topliss-reactive ketones (excluding diaryl/α,β-unsaturated/α-hetero) is 1. The second-order valence-corrected chi connectivity index (χ2v) is 34.4. The van der Waals surface area contributed by atoms with Crippen molar-refractivity contribution in [2.75, 3.05) is 44.2 Å². The van der Waals surface area contributed by atoms with Gasteiger partial charge in [-0.3, -0.25) is 77.1 Å². The summed E-state index contributed by atoms with van der Waals surface area (Å²) >= 11 is 0. The van der Waals surface area contributed by atoms with E-state index < -0.39 is 126 Å². The predicted octanol–water partition coefficient (Wildman–Crippen LogP) is 5.31. The van der Waals surface area contributed by atoms with Gasteiger partial charge in [-0.15, -0.1) is 0 Å². The molecule has 0 spiro atoms. The summed E-state index contributed by atoms with van der Waals surface area (Å²) in [4.78, 5) is 215. The number of fused-ring (bicyclic) bond motifs is 2. The Hall–Kier alpha value is -12.3. The molecular weight excluding hydrogens is 1640 g/mol. The lowest BCUT2D eigenvalue weighted by molar-refractivity contribution is -0.138. The van der Waals surface area contributed by atoms with Gasteiger partial charge in [0.1, 0.15) is 60.6 Å². The van der Waals surface area contributed by atoms with Crippen LogP contribution in [0.1, 0.15) is 220 Å². The number of nitrogens with two attached hydrogens (primary N) is 2. The Bertz CT molecular complexity index is 4720. The average Bonchev–Trinajstić information content (AvgIpc) is 1.54. The van der Waals surface area contributed by atoms with E-state index in [0.717, 1.165) is 34.7 Å². The van der Waals surface area contributed by atoms with Crippen LogP contribution in [-0.2, 0) is 88.1 Å². The normalized spacial score (nSPS) is 14.5. The first-order chi connectivity index (χ1) is 61.2. The summed E-state index contributed by atoms with van der Waals surface area (Å²) in [5.74, 6) is -10.3. The summed E-state index contributed by atoms with van der Waals surface area (Å²) < 4.78 is 1.07. The summed E-state index contributed by atoms with van der Waals surface area (Å²) in [6.07, 6.45) is 22.2. The van der Waals surface area contributed by atoms with Crippen LogP contribution in [0, 0.1) is 23.2 Å². The lowest BCUT2D eigenvalue weighted by Gasteiger charge is -2.38. The molecule has 128 heavy (non-hydrogen) atoms. The molecule has 6 aromatic rings. The summed E-state index contributed by atoms with van der Waals surface area (Å²) in [5.41, 5.74) is 13.7. The lowest BCUT2D eigenvalue weighted by atomic mass is 9.97. The lowest BCUT2D eigenvalue weighted by Crippen LogP contribution is -2.61. The minimum atomic E-state index is -1.73. The number of carbonyl (C=O) groups excluding carboxylic acids is 13. The zero-order chi connectivity index (χ0) is 93.4. The highest BCUT2D eigenvalue weighted by Gasteiger charge is 2.38. The number of hydrogen-bond acceptors (Lipinski definition) is 19. The number of guanidine groups is 1. The number of anilines is 1. The van der Waals surface area contributed by atoms with Crippen molar-refractivity contribution in [2.24, 2.45) is 29.2 Å². The maximum atomic E-state index is 15.1. The van der Waals surface area contributed by atoms with E-state index in [0.29, 0.717) is 73.3 Å². The summed E-state index contributed by atoms with van der Waals surface area (Å²) in [7, 11) is 0. The number of carbonyl (C=O) groups is 13. The Morgan fingerprint density at radius 2 is 1.12 bits per heavy atom. The second kappa shape index (κ2) is 53.4. The number of para-hydroxylation sites is 1. The van der Waals surface area contributed by atoms with Crippen molar-refractivity contribution in [1.29, 1.82) is 5.41 Å². The van der Waals surface area contributed by atoms with Crippen molar-refractivity contribution < 1.29 is 67.4 Å². The number of unbranched alkanes of at least 4 members (excludes halogenated alkanes) is 13. The van der Waals surface area contributed by atoms with Gasteiger partial charge in [-0.25, -0.2) is 9.97 Å². The smallest absolute Gasteiger partial charge is 0.261 e. The van der Waals surface area contributed by atoms with Gasteiger partial charge in [0, 0.05) is 107 Å². The average molecular weight is 1780 g/mol. The van der Waals surface area contributed by atoms with Gasteiger partial charge < -0.3 is 94.8 Å². The van der Waals surface area contributed by atoms with Crippen LogP contribution in [0.25, 0.3) is 21.8 Å². The van der Waals surface area contributed by atoms with Gasteiger partial charge in [0.2, 0.25) is 70.9 Å². The second-order valence-electron chi connectivity index (χ2n) is 34.4. The number of nitrogens with zero attached hydrogens (tertiary/aromatic N) is 5. The first kappa shape index (κ1) is 103. The quantitative estimate of drug-likeness (QED) is 0.0131. The number of aromatic nitrogens is 5. The van der Waals surface area contributed by atoms with Gasteiger partial charge in [-0.05, 0) is 117 Å². The zero-order valence-corrected chi connectivity index (χ0v) is 75.8. The number of aromatic hydroxyl groups is 1. The van der Waals surface area contributed by atoms with E-state index >= 15 is 9.59 Å². The van der Waals surface area contributed by atoms with E-state index in [4.69, 9.17) is 16.9 Å². The largest absolute Gasteiger partial charge is 0.508 e. The minimum absolute atomic E-state index is 0.0157.